The van der Waals surface area contributed by atoms with Crippen LogP contribution in [-0.2, 0) is 14.6 Å². The fraction of sp³-hybridized carbons (Fsp3) is 0.562. The van der Waals surface area contributed by atoms with Crippen LogP contribution in [0.2, 0.25) is 0 Å². The predicted molar refractivity (Wildman–Crippen MR) is 85.8 cm³/mol. The molecular formula is C16H23NO4S. The Morgan fingerprint density at radius 1 is 1.41 bits per heavy atom. The third-order valence-electron chi connectivity index (χ3n) is 4.02. The van der Waals surface area contributed by atoms with Crippen LogP contribution < -0.4 is 10.1 Å². The molecule has 2 unspecified atom stereocenters. The van der Waals surface area contributed by atoms with Crippen LogP contribution in [0.4, 0.5) is 0 Å². The van der Waals surface area contributed by atoms with Crippen molar-refractivity contribution < 1.29 is 17.9 Å². The van der Waals surface area contributed by atoms with Crippen LogP contribution in [0.1, 0.15) is 38.2 Å². The van der Waals surface area contributed by atoms with Gasteiger partial charge in [0.1, 0.15) is 5.75 Å². The van der Waals surface area contributed by atoms with Gasteiger partial charge >= 0.3 is 0 Å². The van der Waals surface area contributed by atoms with Crippen LogP contribution in [0.5, 0.6) is 5.75 Å². The van der Waals surface area contributed by atoms with Crippen molar-refractivity contribution in [1.29, 1.82) is 0 Å². The maximum absolute atomic E-state index is 11.9. The second-order valence-corrected chi connectivity index (χ2v) is 8.03. The zero-order valence-electron chi connectivity index (χ0n) is 13.0. The second-order valence-electron chi connectivity index (χ2n) is 5.80. The largest absolute Gasteiger partial charge is 0.483 e. The highest BCUT2D eigenvalue weighted by molar-refractivity contribution is 7.91. The number of para-hydroxylation sites is 1. The average Bonchev–Trinajstić information content (AvgIpc) is 2.83. The van der Waals surface area contributed by atoms with Crippen molar-refractivity contribution in [3.05, 3.63) is 29.8 Å². The first-order chi connectivity index (χ1) is 10.4. The Labute approximate surface area is 132 Å². The zero-order valence-corrected chi connectivity index (χ0v) is 13.9. The van der Waals surface area contributed by atoms with Crippen LogP contribution in [-0.4, -0.2) is 38.5 Å². The second kappa shape index (κ2) is 7.13. The number of nitrogens with one attached hydrogen (secondary N) is 1. The Morgan fingerprint density at radius 2 is 2.14 bits per heavy atom. The molecule has 1 aromatic rings. The molecule has 22 heavy (non-hydrogen) atoms. The van der Waals surface area contributed by atoms with Gasteiger partial charge in [-0.15, -0.1) is 0 Å². The van der Waals surface area contributed by atoms with Gasteiger partial charge in [-0.2, -0.15) is 0 Å². The molecule has 122 valence electrons. The molecule has 5 nitrogen and oxygen atoms in total. The number of hydrogen-bond donors (Lipinski definition) is 1. The molecule has 1 aliphatic rings. The molecule has 0 aromatic heterocycles. The lowest BCUT2D eigenvalue weighted by Gasteiger charge is -2.16. The van der Waals surface area contributed by atoms with E-state index in [1.54, 1.807) is 0 Å². The molecule has 0 spiro atoms. The van der Waals surface area contributed by atoms with Crippen LogP contribution in [0.25, 0.3) is 0 Å². The first-order valence-corrected chi connectivity index (χ1v) is 9.45. The van der Waals surface area contributed by atoms with Crippen molar-refractivity contribution in [1.82, 2.24) is 5.32 Å². The molecule has 0 bridgehead atoms. The fourth-order valence-corrected chi connectivity index (χ4v) is 4.23. The number of carbonyl (C=O) groups excluding carboxylic acids is 1. The van der Waals surface area contributed by atoms with Crippen molar-refractivity contribution in [2.45, 2.75) is 38.6 Å². The Kier molecular flexibility index (Phi) is 5.45. The molecule has 1 aromatic carbocycles. The van der Waals surface area contributed by atoms with E-state index in [0.717, 1.165) is 12.0 Å². The third kappa shape index (κ3) is 4.47. The molecule has 2 atom stereocenters. The van der Waals surface area contributed by atoms with Crippen LogP contribution in [0.3, 0.4) is 0 Å². The predicted octanol–water partition coefficient (Wildman–Crippen LogP) is 1.88. The number of amides is 1. The molecule has 1 fully saturated rings. The normalized spacial score (nSPS) is 21.3. The van der Waals surface area contributed by atoms with E-state index in [-0.39, 0.29) is 30.1 Å². The minimum absolute atomic E-state index is 0.0300. The molecule has 1 saturated heterocycles. The highest BCUT2D eigenvalue weighted by Gasteiger charge is 2.28. The molecular weight excluding hydrogens is 302 g/mol. The Balaban J connectivity index is 1.89. The van der Waals surface area contributed by atoms with Gasteiger partial charge in [0.05, 0.1) is 11.5 Å². The van der Waals surface area contributed by atoms with Crippen molar-refractivity contribution >= 4 is 15.7 Å². The van der Waals surface area contributed by atoms with Gasteiger partial charge in [-0.1, -0.05) is 32.0 Å². The third-order valence-corrected chi connectivity index (χ3v) is 5.79. The van der Waals surface area contributed by atoms with E-state index in [2.05, 4.69) is 19.2 Å². The van der Waals surface area contributed by atoms with Gasteiger partial charge in [-0.3, -0.25) is 4.79 Å². The minimum Gasteiger partial charge on any atom is -0.483 e. The van der Waals surface area contributed by atoms with E-state index in [4.69, 9.17) is 4.74 Å². The minimum atomic E-state index is -2.99. The van der Waals surface area contributed by atoms with E-state index >= 15 is 0 Å². The van der Waals surface area contributed by atoms with E-state index in [9.17, 15) is 13.2 Å². The number of ether oxygens (including phenoxy) is 1. The molecule has 0 saturated carbocycles. The number of rotatable bonds is 6. The van der Waals surface area contributed by atoms with E-state index in [1.165, 1.54) is 0 Å². The summed E-state index contributed by atoms with van der Waals surface area (Å²) in [5.74, 6) is 0.976. The molecule has 2 rings (SSSR count). The monoisotopic (exact) mass is 325 g/mol. The van der Waals surface area contributed by atoms with Gasteiger partial charge in [0, 0.05) is 6.04 Å². The molecule has 1 amide bonds. The van der Waals surface area contributed by atoms with Crippen LogP contribution >= 0.6 is 0 Å². The highest BCUT2D eigenvalue weighted by Crippen LogP contribution is 2.28. The van der Waals surface area contributed by atoms with E-state index < -0.39 is 9.84 Å². The summed E-state index contributed by atoms with van der Waals surface area (Å²) in [7, 11) is -2.99. The lowest BCUT2D eigenvalue weighted by atomic mass is 9.98. The van der Waals surface area contributed by atoms with Crippen molar-refractivity contribution in [3.8, 4) is 5.75 Å². The zero-order chi connectivity index (χ0) is 16.2. The summed E-state index contributed by atoms with van der Waals surface area (Å²) in [5.41, 5.74) is 1.08. The van der Waals surface area contributed by atoms with Gasteiger partial charge in [0.25, 0.3) is 5.91 Å². The van der Waals surface area contributed by atoms with Crippen LogP contribution in [0, 0.1) is 0 Å². The number of sulfone groups is 1. The topological polar surface area (TPSA) is 72.5 Å². The molecule has 0 radical (unpaired) electrons. The molecule has 1 N–H and O–H groups in total. The Hall–Kier alpha value is -1.56. The lowest BCUT2D eigenvalue weighted by Crippen LogP contribution is -2.38. The summed E-state index contributed by atoms with van der Waals surface area (Å²) in [6.07, 6.45) is 1.48. The fourth-order valence-electron chi connectivity index (χ4n) is 2.56. The first kappa shape index (κ1) is 16.8. The maximum atomic E-state index is 11.9. The standard InChI is InChI=1S/C16H23NO4S/c1-3-12(2)14-6-4-5-7-15(14)21-10-16(18)17-13-8-9-22(19,20)11-13/h4-7,12-13H,3,8-11H2,1-2H3,(H,17,18). The summed E-state index contributed by atoms with van der Waals surface area (Å²) < 4.78 is 28.4. The van der Waals surface area contributed by atoms with Gasteiger partial charge in [-0.05, 0) is 30.4 Å². The van der Waals surface area contributed by atoms with Gasteiger partial charge < -0.3 is 10.1 Å². The molecule has 1 heterocycles. The van der Waals surface area contributed by atoms with E-state index in [0.29, 0.717) is 18.1 Å². The quantitative estimate of drug-likeness (QED) is 0.867. The average molecular weight is 325 g/mol. The molecule has 1 aliphatic heterocycles. The SMILES string of the molecule is CCC(C)c1ccccc1OCC(=O)NC1CCS(=O)(=O)C1. The smallest absolute Gasteiger partial charge is 0.258 e. The maximum Gasteiger partial charge on any atom is 0.258 e. The van der Waals surface area contributed by atoms with Gasteiger partial charge in [-0.25, -0.2) is 8.42 Å². The van der Waals surface area contributed by atoms with Crippen molar-refractivity contribution in [2.24, 2.45) is 0 Å². The molecule has 6 heteroatoms. The summed E-state index contributed by atoms with van der Waals surface area (Å²) in [4.78, 5) is 11.9. The Morgan fingerprint density at radius 3 is 2.77 bits per heavy atom. The summed E-state index contributed by atoms with van der Waals surface area (Å²) >= 11 is 0. The van der Waals surface area contributed by atoms with Gasteiger partial charge in [0.15, 0.2) is 16.4 Å². The Bertz CT molecular complexity index is 627. The van der Waals surface area contributed by atoms with Gasteiger partial charge in [0.2, 0.25) is 0 Å². The number of benzene rings is 1. The van der Waals surface area contributed by atoms with Crippen molar-refractivity contribution in [2.75, 3.05) is 18.1 Å². The summed E-state index contributed by atoms with van der Waals surface area (Å²) in [5, 5.41) is 2.72. The highest BCUT2D eigenvalue weighted by atomic mass is 32.2. The summed E-state index contributed by atoms with van der Waals surface area (Å²) in [6, 6.07) is 7.41. The van der Waals surface area contributed by atoms with Crippen LogP contribution in [0.15, 0.2) is 24.3 Å². The number of hydrogen-bond acceptors (Lipinski definition) is 4. The number of carbonyl (C=O) groups is 1. The van der Waals surface area contributed by atoms with E-state index in [1.807, 2.05) is 24.3 Å². The molecule has 0 aliphatic carbocycles. The van der Waals surface area contributed by atoms with Crippen molar-refractivity contribution in [3.63, 3.8) is 0 Å². The lowest BCUT2D eigenvalue weighted by molar-refractivity contribution is -0.123. The first-order valence-electron chi connectivity index (χ1n) is 7.63. The summed E-state index contributed by atoms with van der Waals surface area (Å²) in [6.45, 7) is 4.13.